The molecule has 2 aromatic carbocycles. The van der Waals surface area contributed by atoms with Crippen LogP contribution in [0.1, 0.15) is 10.5 Å². The van der Waals surface area contributed by atoms with Crippen molar-refractivity contribution in [2.24, 2.45) is 0 Å². The third-order valence-corrected chi connectivity index (χ3v) is 3.34. The molecule has 0 unspecified atom stereocenters. The van der Waals surface area contributed by atoms with Gasteiger partial charge in [-0.1, -0.05) is 48.0 Å². The van der Waals surface area contributed by atoms with Crippen molar-refractivity contribution < 1.29 is 9.18 Å². The van der Waals surface area contributed by atoms with Gasteiger partial charge >= 0.3 is 0 Å². The summed E-state index contributed by atoms with van der Waals surface area (Å²) in [6, 6.07) is 14.9. The molecule has 1 aromatic heterocycles. The Hall–Kier alpha value is -2.46. The number of nitrogens with one attached hydrogen (secondary N) is 1. The summed E-state index contributed by atoms with van der Waals surface area (Å²) in [7, 11) is 0. The number of hydrogen-bond acceptors (Lipinski definition) is 2. The zero-order chi connectivity index (χ0) is 14.8. The predicted molar refractivity (Wildman–Crippen MR) is 81.1 cm³/mol. The molecule has 21 heavy (non-hydrogen) atoms. The summed E-state index contributed by atoms with van der Waals surface area (Å²) in [5.74, 6) is -1.01. The molecule has 104 valence electrons. The van der Waals surface area contributed by atoms with Gasteiger partial charge in [0.05, 0.1) is 5.69 Å². The van der Waals surface area contributed by atoms with Crippen LogP contribution in [0.5, 0.6) is 0 Å². The van der Waals surface area contributed by atoms with Crippen molar-refractivity contribution >= 4 is 34.0 Å². The minimum absolute atomic E-state index is 0.105. The fourth-order valence-electron chi connectivity index (χ4n) is 2.02. The zero-order valence-electron chi connectivity index (χ0n) is 10.8. The summed E-state index contributed by atoms with van der Waals surface area (Å²) in [6.45, 7) is 0. The van der Waals surface area contributed by atoms with E-state index in [1.165, 1.54) is 12.1 Å². The maximum atomic E-state index is 13.5. The van der Waals surface area contributed by atoms with E-state index in [2.05, 4.69) is 10.3 Å². The van der Waals surface area contributed by atoms with Crippen LogP contribution in [0.4, 0.5) is 10.1 Å². The number of nitrogens with zero attached hydrogens (tertiary/aromatic N) is 1. The molecule has 0 aliphatic heterocycles. The van der Waals surface area contributed by atoms with E-state index >= 15 is 0 Å². The van der Waals surface area contributed by atoms with Crippen LogP contribution in [-0.4, -0.2) is 10.9 Å². The van der Waals surface area contributed by atoms with Crippen LogP contribution in [0.15, 0.2) is 54.6 Å². The van der Waals surface area contributed by atoms with E-state index in [1.807, 2.05) is 24.3 Å². The summed E-state index contributed by atoms with van der Waals surface area (Å²) < 4.78 is 13.5. The SMILES string of the molecule is O=C(Nc1ccccc1F)c1cc2ccccc2c(Cl)n1. The van der Waals surface area contributed by atoms with Crippen LogP contribution >= 0.6 is 11.6 Å². The molecule has 1 N–H and O–H groups in total. The highest BCUT2D eigenvalue weighted by Gasteiger charge is 2.13. The van der Waals surface area contributed by atoms with Gasteiger partial charge in [-0.2, -0.15) is 0 Å². The highest BCUT2D eigenvalue weighted by atomic mass is 35.5. The van der Waals surface area contributed by atoms with Crippen molar-refractivity contribution in [2.45, 2.75) is 0 Å². The lowest BCUT2D eigenvalue weighted by Gasteiger charge is -2.07. The third-order valence-electron chi connectivity index (χ3n) is 3.05. The second-order valence-electron chi connectivity index (χ2n) is 4.45. The largest absolute Gasteiger partial charge is 0.318 e. The maximum absolute atomic E-state index is 13.5. The van der Waals surface area contributed by atoms with Gasteiger partial charge in [-0.25, -0.2) is 9.37 Å². The second kappa shape index (κ2) is 5.50. The standard InChI is InChI=1S/C16H10ClFN2O/c17-15-11-6-2-1-5-10(11)9-14(19-15)16(21)20-13-8-4-3-7-12(13)18/h1-9H,(H,20,21). The number of para-hydroxylation sites is 1. The number of aromatic nitrogens is 1. The van der Waals surface area contributed by atoms with Crippen LogP contribution in [0.2, 0.25) is 5.15 Å². The molecular weight excluding hydrogens is 291 g/mol. The molecule has 3 nitrogen and oxygen atoms in total. The number of pyridine rings is 1. The Morgan fingerprint density at radius 3 is 2.62 bits per heavy atom. The van der Waals surface area contributed by atoms with Gasteiger partial charge in [0.1, 0.15) is 16.7 Å². The first kappa shape index (κ1) is 13.5. The Balaban J connectivity index is 1.97. The third kappa shape index (κ3) is 2.71. The van der Waals surface area contributed by atoms with Gasteiger partial charge in [0, 0.05) is 5.39 Å². The quantitative estimate of drug-likeness (QED) is 0.718. The molecule has 0 atom stereocenters. The van der Waals surface area contributed by atoms with E-state index < -0.39 is 11.7 Å². The van der Waals surface area contributed by atoms with Crippen LogP contribution < -0.4 is 5.32 Å². The summed E-state index contributed by atoms with van der Waals surface area (Å²) in [5.41, 5.74) is 0.246. The van der Waals surface area contributed by atoms with Crippen molar-refractivity contribution in [3.8, 4) is 0 Å². The molecule has 1 amide bonds. The Kier molecular flexibility index (Phi) is 3.54. The smallest absolute Gasteiger partial charge is 0.274 e. The molecule has 0 saturated heterocycles. The molecule has 0 aliphatic rings. The van der Waals surface area contributed by atoms with E-state index in [-0.39, 0.29) is 16.5 Å². The van der Waals surface area contributed by atoms with E-state index in [4.69, 9.17) is 11.6 Å². The molecular formula is C16H10ClFN2O. The minimum atomic E-state index is -0.507. The van der Waals surface area contributed by atoms with E-state index in [1.54, 1.807) is 18.2 Å². The lowest BCUT2D eigenvalue weighted by Crippen LogP contribution is -2.14. The van der Waals surface area contributed by atoms with Crippen molar-refractivity contribution in [3.05, 3.63) is 71.3 Å². The van der Waals surface area contributed by atoms with Crippen LogP contribution in [0.25, 0.3) is 10.8 Å². The van der Waals surface area contributed by atoms with Crippen LogP contribution in [-0.2, 0) is 0 Å². The molecule has 3 aromatic rings. The van der Waals surface area contributed by atoms with Gasteiger partial charge in [0.15, 0.2) is 0 Å². The number of carbonyl (C=O) groups is 1. The minimum Gasteiger partial charge on any atom is -0.318 e. The monoisotopic (exact) mass is 300 g/mol. The van der Waals surface area contributed by atoms with E-state index in [9.17, 15) is 9.18 Å². The average molecular weight is 301 g/mol. The number of carbonyl (C=O) groups excluding carboxylic acids is 1. The van der Waals surface area contributed by atoms with Gasteiger partial charge in [0.2, 0.25) is 0 Å². The molecule has 0 saturated carbocycles. The van der Waals surface area contributed by atoms with Crippen LogP contribution in [0, 0.1) is 5.82 Å². The summed E-state index contributed by atoms with van der Waals surface area (Å²) >= 11 is 6.08. The van der Waals surface area contributed by atoms with Gasteiger partial charge in [-0.15, -0.1) is 0 Å². The van der Waals surface area contributed by atoms with Gasteiger partial charge < -0.3 is 5.32 Å². The fraction of sp³-hybridized carbons (Fsp3) is 0. The normalized spacial score (nSPS) is 10.6. The van der Waals surface area contributed by atoms with Crippen molar-refractivity contribution in [1.82, 2.24) is 4.98 Å². The van der Waals surface area contributed by atoms with Gasteiger partial charge in [0.25, 0.3) is 5.91 Å². The maximum Gasteiger partial charge on any atom is 0.274 e. The lowest BCUT2D eigenvalue weighted by molar-refractivity contribution is 0.102. The molecule has 0 radical (unpaired) electrons. The van der Waals surface area contributed by atoms with Crippen molar-refractivity contribution in [2.75, 3.05) is 5.32 Å². The Labute approximate surface area is 125 Å². The van der Waals surface area contributed by atoms with Gasteiger partial charge in [-0.05, 0) is 23.6 Å². The highest BCUT2D eigenvalue weighted by molar-refractivity contribution is 6.34. The predicted octanol–water partition coefficient (Wildman–Crippen LogP) is 4.28. The number of hydrogen-bond donors (Lipinski definition) is 1. The first-order valence-electron chi connectivity index (χ1n) is 6.26. The van der Waals surface area contributed by atoms with E-state index in [0.717, 1.165) is 10.8 Å². The number of rotatable bonds is 2. The summed E-state index contributed by atoms with van der Waals surface area (Å²) in [5, 5.41) is 4.29. The molecule has 1 heterocycles. The van der Waals surface area contributed by atoms with E-state index in [0.29, 0.717) is 0 Å². The molecule has 0 spiro atoms. The Morgan fingerprint density at radius 1 is 1.10 bits per heavy atom. The average Bonchev–Trinajstić information content (AvgIpc) is 2.49. The first-order chi connectivity index (χ1) is 10.1. The highest BCUT2D eigenvalue weighted by Crippen LogP contribution is 2.23. The molecule has 0 aliphatic carbocycles. The number of amides is 1. The molecule has 3 rings (SSSR count). The second-order valence-corrected chi connectivity index (χ2v) is 4.81. The number of halogens is 2. The summed E-state index contributed by atoms with van der Waals surface area (Å²) in [6.07, 6.45) is 0. The molecule has 0 bridgehead atoms. The van der Waals surface area contributed by atoms with Crippen molar-refractivity contribution in [3.63, 3.8) is 0 Å². The molecule has 0 fully saturated rings. The number of benzene rings is 2. The lowest BCUT2D eigenvalue weighted by atomic mass is 10.1. The fourth-order valence-corrected chi connectivity index (χ4v) is 2.28. The number of fused-ring (bicyclic) bond motifs is 1. The van der Waals surface area contributed by atoms with Gasteiger partial charge in [-0.3, -0.25) is 4.79 Å². The zero-order valence-corrected chi connectivity index (χ0v) is 11.6. The Morgan fingerprint density at radius 2 is 1.81 bits per heavy atom. The Bertz CT molecular complexity index is 835. The van der Waals surface area contributed by atoms with Crippen molar-refractivity contribution in [1.29, 1.82) is 0 Å². The topological polar surface area (TPSA) is 42.0 Å². The first-order valence-corrected chi connectivity index (χ1v) is 6.64. The summed E-state index contributed by atoms with van der Waals surface area (Å²) in [4.78, 5) is 16.2. The molecule has 5 heteroatoms. The number of anilines is 1. The van der Waals surface area contributed by atoms with Crippen LogP contribution in [0.3, 0.4) is 0 Å².